The molecule has 1 amide bonds. The molecule has 0 aliphatic carbocycles. The summed E-state index contributed by atoms with van der Waals surface area (Å²) < 4.78 is 18.6. The molecule has 4 nitrogen and oxygen atoms in total. The summed E-state index contributed by atoms with van der Waals surface area (Å²) in [7, 11) is 3.31. The highest BCUT2D eigenvalue weighted by molar-refractivity contribution is 6.35. The van der Waals surface area contributed by atoms with E-state index in [1.165, 1.54) is 13.2 Å². The fourth-order valence-electron chi connectivity index (χ4n) is 2.63. The van der Waals surface area contributed by atoms with Gasteiger partial charge >= 0.3 is 0 Å². The molecule has 0 fully saturated rings. The molecule has 2 aromatic carbocycles. The number of hydrogen-bond donors (Lipinski definition) is 2. The van der Waals surface area contributed by atoms with Crippen molar-refractivity contribution in [3.63, 3.8) is 0 Å². The topological polar surface area (TPSA) is 42.8 Å². The van der Waals surface area contributed by atoms with Gasteiger partial charge in [0.25, 0.3) is 5.91 Å². The van der Waals surface area contributed by atoms with Crippen molar-refractivity contribution in [3.8, 4) is 5.75 Å². The highest BCUT2D eigenvalue weighted by Gasteiger charge is 2.12. The highest BCUT2D eigenvalue weighted by atomic mass is 35.5. The molecule has 0 aliphatic rings. The van der Waals surface area contributed by atoms with Crippen LogP contribution in [0.1, 0.15) is 11.1 Å². The summed E-state index contributed by atoms with van der Waals surface area (Å²) in [6, 6.07) is 10.1. The number of carbonyl (C=O) groups is 1. The zero-order valence-corrected chi connectivity index (χ0v) is 16.3. The molecule has 1 atom stereocenters. The molecule has 0 aromatic heterocycles. The molecule has 0 radical (unpaired) electrons. The number of ether oxygens (including phenoxy) is 1. The monoisotopic (exact) mass is 399 g/mol. The molecule has 7 heteroatoms. The lowest BCUT2D eigenvalue weighted by molar-refractivity contribution is -0.885. The van der Waals surface area contributed by atoms with Crippen LogP contribution in [0, 0.1) is 5.82 Å². The first-order valence-corrected chi connectivity index (χ1v) is 8.99. The number of rotatable bonds is 8. The standard InChI is InChI=1S/C19H21Cl2FN2O2/c1-24(11-13-3-6-18(26-2)17(22)9-13)12-19(25)23-8-7-14-4-5-15(20)10-16(14)21/h3-6,9-10H,7-8,11-12H2,1-2H3,(H,23,25)/p+1. The van der Waals surface area contributed by atoms with Crippen LogP contribution in [0.15, 0.2) is 36.4 Å². The average molecular weight is 400 g/mol. The van der Waals surface area contributed by atoms with Gasteiger partial charge in [-0.1, -0.05) is 29.3 Å². The van der Waals surface area contributed by atoms with E-state index in [0.29, 0.717) is 36.1 Å². The Morgan fingerprint density at radius 2 is 2.00 bits per heavy atom. The van der Waals surface area contributed by atoms with Crippen molar-refractivity contribution in [3.05, 3.63) is 63.4 Å². The second kappa shape index (κ2) is 9.76. The molecule has 2 N–H and O–H groups in total. The van der Waals surface area contributed by atoms with Crippen LogP contribution in [0.5, 0.6) is 5.75 Å². The number of carbonyl (C=O) groups excluding carboxylic acids is 1. The van der Waals surface area contributed by atoms with Crippen molar-refractivity contribution in [2.75, 3.05) is 27.2 Å². The Bertz CT molecular complexity index is 771. The fraction of sp³-hybridized carbons (Fsp3) is 0.316. The molecule has 0 aliphatic heterocycles. The van der Waals surface area contributed by atoms with Gasteiger partial charge in [-0.05, 0) is 42.3 Å². The number of likely N-dealkylation sites (N-methyl/N-ethyl adjacent to an activating group) is 1. The van der Waals surface area contributed by atoms with Crippen molar-refractivity contribution >= 4 is 29.1 Å². The fourth-order valence-corrected chi connectivity index (χ4v) is 3.13. The number of halogens is 3. The lowest BCUT2D eigenvalue weighted by atomic mass is 10.1. The summed E-state index contributed by atoms with van der Waals surface area (Å²) in [6.07, 6.45) is 0.629. The smallest absolute Gasteiger partial charge is 0.275 e. The SMILES string of the molecule is COc1ccc(C[NH+](C)CC(=O)NCCc2ccc(Cl)cc2Cl)cc1F. The zero-order chi connectivity index (χ0) is 19.1. The van der Waals surface area contributed by atoms with Gasteiger partial charge in [-0.15, -0.1) is 0 Å². The van der Waals surface area contributed by atoms with Crippen molar-refractivity contribution in [1.29, 1.82) is 0 Å². The van der Waals surface area contributed by atoms with Crippen molar-refractivity contribution in [2.45, 2.75) is 13.0 Å². The van der Waals surface area contributed by atoms with Gasteiger partial charge in [-0.2, -0.15) is 0 Å². The molecule has 1 unspecified atom stereocenters. The number of amides is 1. The molecule has 0 spiro atoms. The second-order valence-electron chi connectivity index (χ2n) is 6.12. The van der Waals surface area contributed by atoms with E-state index in [9.17, 15) is 9.18 Å². The number of quaternary nitrogens is 1. The largest absolute Gasteiger partial charge is 0.494 e. The maximum atomic E-state index is 13.7. The molecular weight excluding hydrogens is 378 g/mol. The Morgan fingerprint density at radius 1 is 1.23 bits per heavy atom. The highest BCUT2D eigenvalue weighted by Crippen LogP contribution is 2.21. The lowest BCUT2D eigenvalue weighted by Gasteiger charge is -2.14. The minimum absolute atomic E-state index is 0.0680. The quantitative estimate of drug-likeness (QED) is 0.715. The zero-order valence-electron chi connectivity index (χ0n) is 14.7. The van der Waals surface area contributed by atoms with E-state index in [1.54, 1.807) is 24.3 Å². The van der Waals surface area contributed by atoms with Gasteiger partial charge in [0.1, 0.15) is 6.54 Å². The predicted octanol–water partition coefficient (Wildman–Crippen LogP) is 2.51. The van der Waals surface area contributed by atoms with E-state index < -0.39 is 5.82 Å². The van der Waals surface area contributed by atoms with Crippen LogP contribution in [-0.4, -0.2) is 33.2 Å². The summed E-state index contributed by atoms with van der Waals surface area (Å²) >= 11 is 12.0. The van der Waals surface area contributed by atoms with Crippen LogP contribution in [0.4, 0.5) is 4.39 Å². The van der Waals surface area contributed by atoms with Gasteiger partial charge < -0.3 is 15.0 Å². The van der Waals surface area contributed by atoms with E-state index in [0.717, 1.165) is 16.0 Å². The number of nitrogens with one attached hydrogen (secondary N) is 2. The average Bonchev–Trinajstić information content (AvgIpc) is 2.57. The molecule has 2 rings (SSSR count). The molecule has 26 heavy (non-hydrogen) atoms. The van der Waals surface area contributed by atoms with E-state index in [2.05, 4.69) is 5.32 Å². The third-order valence-electron chi connectivity index (χ3n) is 3.92. The minimum Gasteiger partial charge on any atom is -0.494 e. The van der Waals surface area contributed by atoms with E-state index >= 15 is 0 Å². The minimum atomic E-state index is -0.401. The summed E-state index contributed by atoms with van der Waals surface area (Å²) in [5.41, 5.74) is 1.74. The first kappa shape index (κ1) is 20.5. The predicted molar refractivity (Wildman–Crippen MR) is 102 cm³/mol. The first-order chi connectivity index (χ1) is 12.4. The Kier molecular flexibility index (Phi) is 7.69. The van der Waals surface area contributed by atoms with Gasteiger partial charge in [0.15, 0.2) is 18.1 Å². The molecule has 0 bridgehead atoms. The third-order valence-corrected chi connectivity index (χ3v) is 4.50. The Labute approximate surface area is 162 Å². The summed E-state index contributed by atoms with van der Waals surface area (Å²) in [5.74, 6) is -0.256. The van der Waals surface area contributed by atoms with E-state index in [-0.39, 0.29) is 11.7 Å². The van der Waals surface area contributed by atoms with E-state index in [1.807, 2.05) is 13.1 Å². The number of methoxy groups -OCH3 is 1. The Balaban J connectivity index is 1.77. The van der Waals surface area contributed by atoms with Crippen LogP contribution >= 0.6 is 23.2 Å². The molecule has 2 aromatic rings. The van der Waals surface area contributed by atoms with E-state index in [4.69, 9.17) is 27.9 Å². The molecule has 0 saturated heterocycles. The van der Waals surface area contributed by atoms with Crippen LogP contribution in [0.2, 0.25) is 10.0 Å². The maximum Gasteiger partial charge on any atom is 0.275 e. The lowest BCUT2D eigenvalue weighted by Crippen LogP contribution is -3.08. The molecule has 0 saturated carbocycles. The van der Waals surface area contributed by atoms with Crippen LogP contribution in [0.25, 0.3) is 0 Å². The van der Waals surface area contributed by atoms with Crippen molar-refractivity contribution < 1.29 is 18.8 Å². The van der Waals surface area contributed by atoms with Gasteiger partial charge in [0.2, 0.25) is 0 Å². The maximum absolute atomic E-state index is 13.7. The second-order valence-corrected chi connectivity index (χ2v) is 6.96. The van der Waals surface area contributed by atoms with Crippen LogP contribution < -0.4 is 15.0 Å². The summed E-state index contributed by atoms with van der Waals surface area (Å²) in [5, 5.41) is 4.05. The Hall–Kier alpha value is -1.82. The van der Waals surface area contributed by atoms with Gasteiger partial charge in [0, 0.05) is 22.2 Å². The molecule has 0 heterocycles. The van der Waals surface area contributed by atoms with Gasteiger partial charge in [0.05, 0.1) is 14.2 Å². The molecular formula is C19H22Cl2FN2O2+. The normalized spacial score (nSPS) is 11.9. The first-order valence-electron chi connectivity index (χ1n) is 8.23. The number of hydrogen-bond acceptors (Lipinski definition) is 2. The van der Waals surface area contributed by atoms with Gasteiger partial charge in [-0.3, -0.25) is 4.79 Å². The van der Waals surface area contributed by atoms with Crippen LogP contribution in [0.3, 0.4) is 0 Å². The Morgan fingerprint density at radius 3 is 2.65 bits per heavy atom. The number of benzene rings is 2. The van der Waals surface area contributed by atoms with Crippen molar-refractivity contribution in [2.24, 2.45) is 0 Å². The van der Waals surface area contributed by atoms with Crippen LogP contribution in [-0.2, 0) is 17.8 Å². The summed E-state index contributed by atoms with van der Waals surface area (Å²) in [4.78, 5) is 13.0. The molecule has 140 valence electrons. The third kappa shape index (κ3) is 6.16. The van der Waals surface area contributed by atoms with Gasteiger partial charge in [-0.25, -0.2) is 4.39 Å². The van der Waals surface area contributed by atoms with Crippen molar-refractivity contribution in [1.82, 2.24) is 5.32 Å². The summed E-state index contributed by atoms with van der Waals surface area (Å²) in [6.45, 7) is 1.32.